The van der Waals surface area contributed by atoms with Gasteiger partial charge in [0.1, 0.15) is 5.75 Å². The van der Waals surface area contributed by atoms with Gasteiger partial charge in [0, 0.05) is 24.2 Å². The second-order valence-corrected chi connectivity index (χ2v) is 8.34. The lowest BCUT2D eigenvalue weighted by atomic mass is 10.2. The molecule has 0 saturated carbocycles. The van der Waals surface area contributed by atoms with Crippen molar-refractivity contribution in [2.24, 2.45) is 0 Å². The van der Waals surface area contributed by atoms with Gasteiger partial charge in [-0.25, -0.2) is 0 Å². The van der Waals surface area contributed by atoms with E-state index < -0.39 is 0 Å². The van der Waals surface area contributed by atoms with Crippen LogP contribution in [-0.4, -0.2) is 28.3 Å². The predicted molar refractivity (Wildman–Crippen MR) is 129 cm³/mol. The molecule has 170 valence electrons. The Kier molecular flexibility index (Phi) is 8.56. The summed E-state index contributed by atoms with van der Waals surface area (Å²) in [5, 5.41) is 12.1. The summed E-state index contributed by atoms with van der Waals surface area (Å²) >= 11 is 12.5. The van der Waals surface area contributed by atoms with Crippen molar-refractivity contribution in [2.45, 2.75) is 46.2 Å². The van der Waals surface area contributed by atoms with Crippen molar-refractivity contribution in [3.05, 3.63) is 69.8 Å². The number of hydrogen-bond acceptors (Lipinski definition) is 4. The minimum absolute atomic E-state index is 0.250. The number of para-hydroxylation sites is 1. The summed E-state index contributed by atoms with van der Waals surface area (Å²) < 4.78 is 7.86. The average Bonchev–Trinajstić information content (AvgIpc) is 3.15. The highest BCUT2D eigenvalue weighted by atomic mass is 35.5. The van der Waals surface area contributed by atoms with E-state index in [1.807, 2.05) is 25.1 Å². The van der Waals surface area contributed by atoms with E-state index in [1.54, 1.807) is 35.0 Å². The number of aromatic nitrogens is 2. The quantitative estimate of drug-likeness (QED) is 0.378. The highest BCUT2D eigenvalue weighted by Gasteiger charge is 2.26. The zero-order chi connectivity index (χ0) is 23.1. The molecule has 0 aliphatic heterocycles. The zero-order valence-electron chi connectivity index (χ0n) is 18.5. The third-order valence-corrected chi connectivity index (χ3v) is 5.61. The number of benzene rings is 2. The number of carbonyl (C=O) groups excluding carboxylic acids is 1. The molecule has 2 aromatic carbocycles. The lowest BCUT2D eigenvalue weighted by Crippen LogP contribution is -2.28. The van der Waals surface area contributed by atoms with Crippen LogP contribution in [0.2, 0.25) is 10.0 Å². The molecule has 2 N–H and O–H groups in total. The first-order valence-corrected chi connectivity index (χ1v) is 11.5. The monoisotopic (exact) mass is 474 g/mol. The SMILES string of the molecule is CCCNC(=O)c1nn(-c2ccccc2Cl)c(Oc2ccc(Cl)cc2)c1CNC(C)CC. The lowest BCUT2D eigenvalue weighted by molar-refractivity contribution is 0.0947. The van der Waals surface area contributed by atoms with Crippen molar-refractivity contribution in [3.8, 4) is 17.3 Å². The number of ether oxygens (including phenoxy) is 1. The second-order valence-electron chi connectivity index (χ2n) is 7.50. The normalized spacial score (nSPS) is 11.9. The molecule has 8 heteroatoms. The molecule has 3 rings (SSSR count). The number of hydrogen-bond donors (Lipinski definition) is 2. The van der Waals surface area contributed by atoms with Gasteiger partial charge in [-0.05, 0) is 56.2 Å². The molecular weight excluding hydrogens is 447 g/mol. The van der Waals surface area contributed by atoms with Crippen LogP contribution in [0, 0.1) is 0 Å². The first-order chi connectivity index (χ1) is 15.4. The Morgan fingerprint density at radius 2 is 1.84 bits per heavy atom. The maximum Gasteiger partial charge on any atom is 0.272 e. The highest BCUT2D eigenvalue weighted by Crippen LogP contribution is 2.33. The van der Waals surface area contributed by atoms with E-state index in [1.165, 1.54) is 0 Å². The first-order valence-electron chi connectivity index (χ1n) is 10.8. The molecule has 32 heavy (non-hydrogen) atoms. The van der Waals surface area contributed by atoms with Gasteiger partial charge in [-0.3, -0.25) is 4.79 Å². The zero-order valence-corrected chi connectivity index (χ0v) is 20.0. The minimum atomic E-state index is -0.250. The number of halogens is 2. The maximum absolute atomic E-state index is 13.0. The van der Waals surface area contributed by atoms with Gasteiger partial charge >= 0.3 is 0 Å². The standard InChI is InChI=1S/C24H28Cl2N4O2/c1-4-14-27-23(31)22-19(15-28-16(3)5-2)24(32-18-12-10-17(25)11-13-18)30(29-22)21-9-7-6-8-20(21)26/h6-13,16,28H,4-5,14-15H2,1-3H3,(H,27,31). The molecule has 0 fully saturated rings. The van der Waals surface area contributed by atoms with Gasteiger partial charge in [-0.2, -0.15) is 9.78 Å². The molecule has 0 radical (unpaired) electrons. The van der Waals surface area contributed by atoms with Gasteiger partial charge in [0.05, 0.1) is 16.3 Å². The molecule has 3 aromatic rings. The van der Waals surface area contributed by atoms with E-state index in [0.717, 1.165) is 12.8 Å². The van der Waals surface area contributed by atoms with Crippen LogP contribution in [-0.2, 0) is 6.54 Å². The molecule has 0 aliphatic rings. The van der Waals surface area contributed by atoms with Crippen LogP contribution in [0.4, 0.5) is 0 Å². The number of nitrogens with one attached hydrogen (secondary N) is 2. The molecule has 0 bridgehead atoms. The summed E-state index contributed by atoms with van der Waals surface area (Å²) in [6, 6.07) is 14.6. The summed E-state index contributed by atoms with van der Waals surface area (Å²) in [4.78, 5) is 13.0. The maximum atomic E-state index is 13.0. The van der Waals surface area contributed by atoms with Gasteiger partial charge in [0.25, 0.3) is 5.91 Å². The summed E-state index contributed by atoms with van der Waals surface area (Å²) in [6.07, 6.45) is 1.77. The first kappa shape index (κ1) is 24.1. The molecule has 1 aromatic heterocycles. The second kappa shape index (κ2) is 11.4. The van der Waals surface area contributed by atoms with E-state index in [4.69, 9.17) is 27.9 Å². The summed E-state index contributed by atoms with van der Waals surface area (Å²) in [5.74, 6) is 0.755. The number of carbonyl (C=O) groups is 1. The number of nitrogens with zero attached hydrogens (tertiary/aromatic N) is 2. The van der Waals surface area contributed by atoms with Crippen LogP contribution in [0.5, 0.6) is 11.6 Å². The van der Waals surface area contributed by atoms with Crippen LogP contribution in [0.3, 0.4) is 0 Å². The van der Waals surface area contributed by atoms with Gasteiger partial charge in [0.2, 0.25) is 5.88 Å². The van der Waals surface area contributed by atoms with E-state index >= 15 is 0 Å². The predicted octanol–water partition coefficient (Wildman–Crippen LogP) is 6.00. The van der Waals surface area contributed by atoms with E-state index in [2.05, 4.69) is 29.6 Å². The average molecular weight is 475 g/mol. The van der Waals surface area contributed by atoms with Crippen LogP contribution in [0.15, 0.2) is 48.5 Å². The molecular formula is C24H28Cl2N4O2. The Bertz CT molecular complexity index is 1050. The fourth-order valence-electron chi connectivity index (χ4n) is 3.03. The summed E-state index contributed by atoms with van der Waals surface area (Å²) in [7, 11) is 0. The fraction of sp³-hybridized carbons (Fsp3) is 0.333. The topological polar surface area (TPSA) is 68.2 Å². The van der Waals surface area contributed by atoms with Crippen LogP contribution in [0.25, 0.3) is 5.69 Å². The van der Waals surface area contributed by atoms with Crippen LogP contribution in [0.1, 0.15) is 49.7 Å². The summed E-state index contributed by atoms with van der Waals surface area (Å²) in [6.45, 7) is 7.17. The minimum Gasteiger partial charge on any atom is -0.439 e. The van der Waals surface area contributed by atoms with Crippen molar-refractivity contribution in [3.63, 3.8) is 0 Å². The third kappa shape index (κ3) is 5.82. The fourth-order valence-corrected chi connectivity index (χ4v) is 3.37. The van der Waals surface area contributed by atoms with Gasteiger partial charge in [-0.15, -0.1) is 0 Å². The molecule has 1 unspecified atom stereocenters. The summed E-state index contributed by atoms with van der Waals surface area (Å²) in [5.41, 5.74) is 1.59. The lowest BCUT2D eigenvalue weighted by Gasteiger charge is -2.15. The van der Waals surface area contributed by atoms with Gasteiger partial charge in [-0.1, -0.05) is 49.2 Å². The van der Waals surface area contributed by atoms with E-state index in [0.29, 0.717) is 51.7 Å². The number of rotatable bonds is 10. The molecule has 1 atom stereocenters. The van der Waals surface area contributed by atoms with Crippen molar-refractivity contribution in [2.75, 3.05) is 6.54 Å². The van der Waals surface area contributed by atoms with Crippen molar-refractivity contribution in [1.29, 1.82) is 0 Å². The van der Waals surface area contributed by atoms with Crippen molar-refractivity contribution < 1.29 is 9.53 Å². The number of amides is 1. The molecule has 0 aliphatic carbocycles. The molecule has 1 amide bonds. The Hall–Kier alpha value is -2.54. The Labute approximate surface area is 198 Å². The molecule has 0 spiro atoms. The van der Waals surface area contributed by atoms with Crippen molar-refractivity contribution in [1.82, 2.24) is 20.4 Å². The Morgan fingerprint density at radius 3 is 2.50 bits per heavy atom. The van der Waals surface area contributed by atoms with Crippen LogP contribution >= 0.6 is 23.2 Å². The Balaban J connectivity index is 2.14. The third-order valence-electron chi connectivity index (χ3n) is 5.04. The molecule has 0 saturated heterocycles. The molecule has 1 heterocycles. The largest absolute Gasteiger partial charge is 0.439 e. The van der Waals surface area contributed by atoms with E-state index in [9.17, 15) is 4.79 Å². The van der Waals surface area contributed by atoms with Crippen LogP contribution < -0.4 is 15.4 Å². The molecule has 6 nitrogen and oxygen atoms in total. The highest BCUT2D eigenvalue weighted by molar-refractivity contribution is 6.32. The Morgan fingerprint density at radius 1 is 1.12 bits per heavy atom. The smallest absolute Gasteiger partial charge is 0.272 e. The van der Waals surface area contributed by atoms with Crippen molar-refractivity contribution >= 4 is 29.1 Å². The van der Waals surface area contributed by atoms with Gasteiger partial charge in [0.15, 0.2) is 5.69 Å². The van der Waals surface area contributed by atoms with E-state index in [-0.39, 0.29) is 11.9 Å². The van der Waals surface area contributed by atoms with Gasteiger partial charge < -0.3 is 15.4 Å².